The van der Waals surface area contributed by atoms with Crippen LogP contribution in [0.25, 0.3) is 10.8 Å². The maximum absolute atomic E-state index is 11.1. The number of hydrogen-bond acceptors (Lipinski definition) is 7. The Labute approximate surface area is 140 Å². The lowest BCUT2D eigenvalue weighted by Gasteiger charge is -2.04. The molecule has 124 valence electrons. The van der Waals surface area contributed by atoms with Gasteiger partial charge in [0.25, 0.3) is 0 Å². The number of fused-ring (bicyclic) bond motifs is 1. The SMILES string of the molecule is O=[N+]([O-])c1cccc([N+](=O)[O-])c1N=Nc1c(O)ccc2ccccc12. The van der Waals surface area contributed by atoms with E-state index in [4.69, 9.17) is 0 Å². The third kappa shape index (κ3) is 2.98. The summed E-state index contributed by atoms with van der Waals surface area (Å²) in [5.41, 5.74) is -1.49. The minimum atomic E-state index is -0.774. The fourth-order valence-electron chi connectivity index (χ4n) is 2.37. The molecule has 9 nitrogen and oxygen atoms in total. The number of nitrogens with zero attached hydrogens (tertiary/aromatic N) is 4. The standard InChI is InChI=1S/C16H10N4O5/c21-14-9-8-10-4-1-2-5-11(10)15(14)17-18-16-12(19(22)23)6-3-7-13(16)20(24)25/h1-9,21H. The van der Waals surface area contributed by atoms with Gasteiger partial charge < -0.3 is 5.11 Å². The van der Waals surface area contributed by atoms with Gasteiger partial charge in [-0.3, -0.25) is 20.2 Å². The highest BCUT2D eigenvalue weighted by molar-refractivity contribution is 5.95. The van der Waals surface area contributed by atoms with E-state index in [0.717, 1.165) is 17.5 Å². The van der Waals surface area contributed by atoms with Crippen LogP contribution in [-0.2, 0) is 0 Å². The second-order valence-electron chi connectivity index (χ2n) is 5.01. The summed E-state index contributed by atoms with van der Waals surface area (Å²) in [6.45, 7) is 0. The summed E-state index contributed by atoms with van der Waals surface area (Å²) in [4.78, 5) is 20.7. The van der Waals surface area contributed by atoms with Gasteiger partial charge in [0, 0.05) is 17.5 Å². The Morgan fingerprint density at radius 2 is 1.36 bits per heavy atom. The molecule has 9 heteroatoms. The number of phenols is 1. The van der Waals surface area contributed by atoms with E-state index in [0.29, 0.717) is 5.39 Å². The maximum Gasteiger partial charge on any atom is 0.303 e. The fourth-order valence-corrected chi connectivity index (χ4v) is 2.37. The first-order valence-electron chi connectivity index (χ1n) is 7.03. The normalized spacial score (nSPS) is 11.0. The molecule has 3 rings (SSSR count). The first-order valence-corrected chi connectivity index (χ1v) is 7.03. The van der Waals surface area contributed by atoms with Crippen LogP contribution < -0.4 is 0 Å². The highest BCUT2D eigenvalue weighted by atomic mass is 16.6. The van der Waals surface area contributed by atoms with Gasteiger partial charge in [0.15, 0.2) is 0 Å². The molecule has 0 aliphatic carbocycles. The predicted molar refractivity (Wildman–Crippen MR) is 89.5 cm³/mol. The molecule has 25 heavy (non-hydrogen) atoms. The number of rotatable bonds is 4. The summed E-state index contributed by atoms with van der Waals surface area (Å²) in [6, 6.07) is 13.5. The molecule has 0 aliphatic heterocycles. The topological polar surface area (TPSA) is 131 Å². The molecule has 0 spiro atoms. The Balaban J connectivity index is 2.20. The van der Waals surface area contributed by atoms with Gasteiger partial charge in [0.2, 0.25) is 5.69 Å². The van der Waals surface area contributed by atoms with Gasteiger partial charge in [-0.15, -0.1) is 10.2 Å². The molecule has 0 radical (unpaired) electrons. The van der Waals surface area contributed by atoms with E-state index in [2.05, 4.69) is 10.2 Å². The summed E-state index contributed by atoms with van der Waals surface area (Å²) in [5.74, 6) is -0.191. The molecule has 0 bridgehead atoms. The van der Waals surface area contributed by atoms with Crippen LogP contribution in [0.5, 0.6) is 5.75 Å². The molecule has 0 unspecified atom stereocenters. The molecule has 0 aromatic heterocycles. The van der Waals surface area contributed by atoms with Crippen LogP contribution in [0.1, 0.15) is 0 Å². The Kier molecular flexibility index (Phi) is 4.04. The largest absolute Gasteiger partial charge is 0.506 e. The second-order valence-corrected chi connectivity index (χ2v) is 5.01. The van der Waals surface area contributed by atoms with Crippen LogP contribution in [0, 0.1) is 20.2 Å². The smallest absolute Gasteiger partial charge is 0.303 e. The fraction of sp³-hybridized carbons (Fsp3) is 0. The van der Waals surface area contributed by atoms with Crippen molar-refractivity contribution in [1.29, 1.82) is 0 Å². The number of azo groups is 1. The van der Waals surface area contributed by atoms with E-state index in [-0.39, 0.29) is 11.4 Å². The number of nitro benzene ring substituents is 2. The van der Waals surface area contributed by atoms with Crippen molar-refractivity contribution in [2.24, 2.45) is 10.2 Å². The summed E-state index contributed by atoms with van der Waals surface area (Å²) >= 11 is 0. The zero-order valence-corrected chi connectivity index (χ0v) is 12.6. The third-order valence-electron chi connectivity index (χ3n) is 3.52. The second kappa shape index (κ2) is 6.32. The monoisotopic (exact) mass is 338 g/mol. The van der Waals surface area contributed by atoms with Crippen molar-refractivity contribution in [2.75, 3.05) is 0 Å². The Morgan fingerprint density at radius 1 is 0.760 bits per heavy atom. The summed E-state index contributed by atoms with van der Waals surface area (Å²) in [6.07, 6.45) is 0. The van der Waals surface area contributed by atoms with Gasteiger partial charge in [-0.25, -0.2) is 0 Å². The zero-order valence-electron chi connectivity index (χ0n) is 12.6. The molecular weight excluding hydrogens is 328 g/mol. The quantitative estimate of drug-likeness (QED) is 0.415. The van der Waals surface area contributed by atoms with E-state index in [1.54, 1.807) is 30.3 Å². The van der Waals surface area contributed by atoms with E-state index in [9.17, 15) is 25.3 Å². The Morgan fingerprint density at radius 3 is 2.00 bits per heavy atom. The Bertz CT molecular complexity index is 1000. The van der Waals surface area contributed by atoms with Crippen LogP contribution in [0.3, 0.4) is 0 Å². The van der Waals surface area contributed by atoms with Crippen molar-refractivity contribution < 1.29 is 15.0 Å². The van der Waals surface area contributed by atoms with Gasteiger partial charge in [-0.05, 0) is 17.5 Å². The van der Waals surface area contributed by atoms with Crippen molar-refractivity contribution in [3.8, 4) is 5.75 Å². The lowest BCUT2D eigenvalue weighted by atomic mass is 10.1. The van der Waals surface area contributed by atoms with Crippen LogP contribution in [0.2, 0.25) is 0 Å². The molecule has 0 aliphatic rings. The molecule has 0 saturated heterocycles. The lowest BCUT2D eigenvalue weighted by Crippen LogP contribution is -1.93. The van der Waals surface area contributed by atoms with Gasteiger partial charge in [-0.1, -0.05) is 30.3 Å². The van der Waals surface area contributed by atoms with Gasteiger partial charge in [0.1, 0.15) is 11.4 Å². The molecule has 1 N–H and O–H groups in total. The van der Waals surface area contributed by atoms with Crippen molar-refractivity contribution in [1.82, 2.24) is 0 Å². The third-order valence-corrected chi connectivity index (χ3v) is 3.52. The lowest BCUT2D eigenvalue weighted by molar-refractivity contribution is -0.392. The van der Waals surface area contributed by atoms with Gasteiger partial charge in [0.05, 0.1) is 9.85 Å². The number of phenolic OH excluding ortho intramolecular Hbond substituents is 1. The zero-order chi connectivity index (χ0) is 18.0. The minimum Gasteiger partial charge on any atom is -0.506 e. The van der Waals surface area contributed by atoms with Crippen molar-refractivity contribution in [3.05, 3.63) is 74.8 Å². The Hall–Kier alpha value is -3.88. The molecule has 0 amide bonds. The average molecular weight is 338 g/mol. The molecule has 3 aromatic rings. The van der Waals surface area contributed by atoms with E-state index >= 15 is 0 Å². The maximum atomic E-state index is 11.1. The number of hydrogen-bond donors (Lipinski definition) is 1. The van der Waals surface area contributed by atoms with Crippen LogP contribution in [-0.4, -0.2) is 15.0 Å². The van der Waals surface area contributed by atoms with Crippen LogP contribution >= 0.6 is 0 Å². The predicted octanol–water partition coefficient (Wildman–Crippen LogP) is 4.78. The molecule has 0 fully saturated rings. The molecular formula is C16H10N4O5. The van der Waals surface area contributed by atoms with E-state index in [1.165, 1.54) is 12.1 Å². The average Bonchev–Trinajstić information content (AvgIpc) is 2.60. The first kappa shape index (κ1) is 16.0. The number of nitro groups is 2. The molecule has 0 saturated carbocycles. The van der Waals surface area contributed by atoms with Crippen LogP contribution in [0.4, 0.5) is 22.7 Å². The first-order chi connectivity index (χ1) is 12.0. The number of aromatic hydroxyl groups is 1. The molecule has 0 atom stereocenters. The van der Waals surface area contributed by atoms with E-state index < -0.39 is 26.9 Å². The summed E-state index contributed by atoms with van der Waals surface area (Å²) < 4.78 is 0. The number of benzene rings is 3. The summed E-state index contributed by atoms with van der Waals surface area (Å²) in [5, 5.41) is 41.2. The van der Waals surface area contributed by atoms with Gasteiger partial charge in [-0.2, -0.15) is 0 Å². The van der Waals surface area contributed by atoms with Gasteiger partial charge >= 0.3 is 11.4 Å². The van der Waals surface area contributed by atoms with Crippen molar-refractivity contribution in [3.63, 3.8) is 0 Å². The molecule has 3 aromatic carbocycles. The highest BCUT2D eigenvalue weighted by Crippen LogP contribution is 2.40. The molecule has 0 heterocycles. The van der Waals surface area contributed by atoms with E-state index in [1.807, 2.05) is 0 Å². The van der Waals surface area contributed by atoms with Crippen molar-refractivity contribution in [2.45, 2.75) is 0 Å². The summed E-state index contributed by atoms with van der Waals surface area (Å²) in [7, 11) is 0. The van der Waals surface area contributed by atoms with Crippen molar-refractivity contribution >= 4 is 33.5 Å². The minimum absolute atomic E-state index is 0.0746. The van der Waals surface area contributed by atoms with Crippen LogP contribution in [0.15, 0.2) is 64.8 Å². The highest BCUT2D eigenvalue weighted by Gasteiger charge is 2.25.